The van der Waals surface area contributed by atoms with Crippen LogP contribution in [0.15, 0.2) is 47.6 Å². The number of hydrogen-bond donors (Lipinski definition) is 1. The van der Waals surface area contributed by atoms with E-state index in [2.05, 4.69) is 4.98 Å². The second-order valence-corrected chi connectivity index (χ2v) is 6.24. The minimum Gasteiger partial charge on any atom is -0.465 e. The second-order valence-electron chi connectivity index (χ2n) is 4.69. The SMILES string of the molecule is CCC(O)Oc1cc(C)cc(OS(=O)(=O)c2cccnc2)c1. The van der Waals surface area contributed by atoms with Crippen molar-refractivity contribution in [3.05, 3.63) is 48.3 Å². The van der Waals surface area contributed by atoms with E-state index in [1.54, 1.807) is 26.0 Å². The van der Waals surface area contributed by atoms with E-state index in [0.717, 1.165) is 5.56 Å². The molecule has 2 rings (SSSR count). The molecule has 118 valence electrons. The lowest BCUT2D eigenvalue weighted by Gasteiger charge is -2.13. The summed E-state index contributed by atoms with van der Waals surface area (Å²) in [4.78, 5) is 3.73. The van der Waals surface area contributed by atoms with Crippen molar-refractivity contribution in [2.45, 2.75) is 31.5 Å². The topological polar surface area (TPSA) is 85.7 Å². The number of aromatic nitrogens is 1. The van der Waals surface area contributed by atoms with E-state index >= 15 is 0 Å². The highest BCUT2D eigenvalue weighted by Crippen LogP contribution is 2.26. The monoisotopic (exact) mass is 323 g/mol. The molecule has 1 heterocycles. The van der Waals surface area contributed by atoms with E-state index < -0.39 is 16.4 Å². The van der Waals surface area contributed by atoms with Gasteiger partial charge in [-0.25, -0.2) is 0 Å². The van der Waals surface area contributed by atoms with Gasteiger partial charge in [0.25, 0.3) is 0 Å². The van der Waals surface area contributed by atoms with Crippen LogP contribution < -0.4 is 8.92 Å². The van der Waals surface area contributed by atoms with Gasteiger partial charge in [0.05, 0.1) is 0 Å². The predicted octanol–water partition coefficient (Wildman–Crippen LogP) is 2.26. The Hall–Kier alpha value is -2.12. The van der Waals surface area contributed by atoms with Crippen molar-refractivity contribution >= 4 is 10.1 Å². The molecule has 0 fully saturated rings. The number of pyridine rings is 1. The van der Waals surface area contributed by atoms with Gasteiger partial charge in [-0.05, 0) is 36.8 Å². The van der Waals surface area contributed by atoms with Crippen LogP contribution in [0.5, 0.6) is 11.5 Å². The maximum Gasteiger partial charge on any atom is 0.340 e. The molecule has 1 aromatic heterocycles. The first kappa shape index (κ1) is 16.3. The van der Waals surface area contributed by atoms with E-state index in [1.807, 2.05) is 0 Å². The Morgan fingerprint density at radius 1 is 1.27 bits per heavy atom. The quantitative estimate of drug-likeness (QED) is 0.648. The van der Waals surface area contributed by atoms with Crippen molar-refractivity contribution in [1.82, 2.24) is 4.98 Å². The van der Waals surface area contributed by atoms with Crippen LogP contribution >= 0.6 is 0 Å². The van der Waals surface area contributed by atoms with Gasteiger partial charge in [-0.1, -0.05) is 6.92 Å². The maximum absolute atomic E-state index is 12.2. The van der Waals surface area contributed by atoms with Crippen molar-refractivity contribution in [3.63, 3.8) is 0 Å². The molecule has 6 nitrogen and oxygen atoms in total. The van der Waals surface area contributed by atoms with Crippen LogP contribution in [0.2, 0.25) is 0 Å². The molecule has 1 aromatic carbocycles. The smallest absolute Gasteiger partial charge is 0.340 e. The van der Waals surface area contributed by atoms with Gasteiger partial charge < -0.3 is 14.0 Å². The standard InChI is InChI=1S/C15H17NO5S/c1-3-15(17)20-12-7-11(2)8-13(9-12)21-22(18,19)14-5-4-6-16-10-14/h4-10,15,17H,3H2,1-2H3. The van der Waals surface area contributed by atoms with Crippen LogP contribution in [-0.2, 0) is 10.1 Å². The Bertz CT molecular complexity index is 731. The first-order valence-corrected chi connectivity index (χ1v) is 8.12. The summed E-state index contributed by atoms with van der Waals surface area (Å²) >= 11 is 0. The zero-order valence-corrected chi connectivity index (χ0v) is 13.1. The molecule has 0 aliphatic heterocycles. The fourth-order valence-electron chi connectivity index (χ4n) is 1.74. The predicted molar refractivity (Wildman–Crippen MR) is 80.2 cm³/mol. The largest absolute Gasteiger partial charge is 0.465 e. The minimum atomic E-state index is -3.96. The molecule has 0 aliphatic carbocycles. The third kappa shape index (κ3) is 4.19. The molecule has 1 atom stereocenters. The number of benzene rings is 1. The van der Waals surface area contributed by atoms with Crippen LogP contribution in [0.25, 0.3) is 0 Å². The number of ether oxygens (including phenoxy) is 1. The highest BCUT2D eigenvalue weighted by atomic mass is 32.2. The normalized spacial score (nSPS) is 12.7. The number of hydrogen-bond acceptors (Lipinski definition) is 6. The van der Waals surface area contributed by atoms with Gasteiger partial charge >= 0.3 is 10.1 Å². The number of aryl methyl sites for hydroxylation is 1. The Kier molecular flexibility index (Phi) is 4.99. The average molecular weight is 323 g/mol. The molecule has 1 unspecified atom stereocenters. The fraction of sp³-hybridized carbons (Fsp3) is 0.267. The molecule has 0 spiro atoms. The van der Waals surface area contributed by atoms with Crippen molar-refractivity contribution in [1.29, 1.82) is 0 Å². The molecule has 2 aromatic rings. The van der Waals surface area contributed by atoms with Gasteiger partial charge in [-0.3, -0.25) is 4.98 Å². The number of nitrogens with zero attached hydrogens (tertiary/aromatic N) is 1. The lowest BCUT2D eigenvalue weighted by molar-refractivity contribution is -0.0192. The van der Waals surface area contributed by atoms with Crippen LogP contribution in [-0.4, -0.2) is 24.8 Å². The van der Waals surface area contributed by atoms with Crippen molar-refractivity contribution in [2.75, 3.05) is 0 Å². The molecule has 1 N–H and O–H groups in total. The second kappa shape index (κ2) is 6.76. The summed E-state index contributed by atoms with van der Waals surface area (Å²) in [5.74, 6) is 0.452. The van der Waals surface area contributed by atoms with Crippen LogP contribution in [0, 0.1) is 6.92 Å². The molecule has 0 bridgehead atoms. The minimum absolute atomic E-state index is 0.0347. The van der Waals surface area contributed by atoms with Crippen molar-refractivity contribution in [2.24, 2.45) is 0 Å². The Morgan fingerprint density at radius 2 is 2.00 bits per heavy atom. The molecule has 0 amide bonds. The Labute approximate surface area is 129 Å². The molecular weight excluding hydrogens is 306 g/mol. The van der Waals surface area contributed by atoms with Gasteiger partial charge in [0.1, 0.15) is 16.4 Å². The number of aliphatic hydroxyl groups excluding tert-OH is 1. The van der Waals surface area contributed by atoms with E-state index in [0.29, 0.717) is 12.2 Å². The van der Waals surface area contributed by atoms with Gasteiger partial charge in [0.15, 0.2) is 6.29 Å². The molecule has 22 heavy (non-hydrogen) atoms. The van der Waals surface area contributed by atoms with E-state index in [9.17, 15) is 13.5 Å². The summed E-state index contributed by atoms with van der Waals surface area (Å²) in [6, 6.07) is 7.58. The highest BCUT2D eigenvalue weighted by Gasteiger charge is 2.17. The molecule has 0 aliphatic rings. The van der Waals surface area contributed by atoms with Gasteiger partial charge in [0, 0.05) is 24.9 Å². The van der Waals surface area contributed by atoms with Crippen molar-refractivity contribution in [3.8, 4) is 11.5 Å². The summed E-state index contributed by atoms with van der Waals surface area (Å²) in [6.07, 6.45) is 2.15. The third-order valence-corrected chi connectivity index (χ3v) is 4.01. The van der Waals surface area contributed by atoms with Gasteiger partial charge in [-0.15, -0.1) is 0 Å². The maximum atomic E-state index is 12.2. The average Bonchev–Trinajstić information content (AvgIpc) is 2.47. The third-order valence-electron chi connectivity index (χ3n) is 2.77. The summed E-state index contributed by atoms with van der Waals surface area (Å²) in [5.41, 5.74) is 0.747. The zero-order chi connectivity index (χ0) is 16.2. The summed E-state index contributed by atoms with van der Waals surface area (Å²) in [7, 11) is -3.96. The number of aliphatic hydroxyl groups is 1. The zero-order valence-electron chi connectivity index (χ0n) is 12.3. The number of rotatable bonds is 6. The lowest BCUT2D eigenvalue weighted by Crippen LogP contribution is -2.14. The van der Waals surface area contributed by atoms with Gasteiger partial charge in [0.2, 0.25) is 0 Å². The molecular formula is C15H17NO5S. The summed E-state index contributed by atoms with van der Waals surface area (Å²) < 4.78 is 34.7. The first-order chi connectivity index (χ1) is 10.4. The van der Waals surface area contributed by atoms with Crippen LogP contribution in [0.4, 0.5) is 0 Å². The van der Waals surface area contributed by atoms with Crippen LogP contribution in [0.1, 0.15) is 18.9 Å². The molecule has 0 saturated heterocycles. The van der Waals surface area contributed by atoms with Crippen LogP contribution in [0.3, 0.4) is 0 Å². The van der Waals surface area contributed by atoms with E-state index in [-0.39, 0.29) is 10.6 Å². The van der Waals surface area contributed by atoms with E-state index in [1.165, 1.54) is 30.6 Å². The van der Waals surface area contributed by atoms with Gasteiger partial charge in [-0.2, -0.15) is 8.42 Å². The Morgan fingerprint density at radius 3 is 2.64 bits per heavy atom. The molecule has 0 radical (unpaired) electrons. The van der Waals surface area contributed by atoms with E-state index in [4.69, 9.17) is 8.92 Å². The molecule has 7 heteroatoms. The lowest BCUT2D eigenvalue weighted by atomic mass is 10.2. The molecule has 0 saturated carbocycles. The fourth-order valence-corrected chi connectivity index (χ4v) is 2.62. The Balaban J connectivity index is 2.26. The summed E-state index contributed by atoms with van der Waals surface area (Å²) in [5, 5.41) is 9.51. The van der Waals surface area contributed by atoms with Crippen molar-refractivity contribution < 1.29 is 22.4 Å². The summed E-state index contributed by atoms with van der Waals surface area (Å²) in [6.45, 7) is 3.54. The highest BCUT2D eigenvalue weighted by molar-refractivity contribution is 7.87. The first-order valence-electron chi connectivity index (χ1n) is 6.71.